The van der Waals surface area contributed by atoms with Crippen LogP contribution in [0.4, 0.5) is 5.69 Å². The van der Waals surface area contributed by atoms with E-state index < -0.39 is 4.92 Å². The van der Waals surface area contributed by atoms with Crippen molar-refractivity contribution in [3.8, 4) is 0 Å². The summed E-state index contributed by atoms with van der Waals surface area (Å²) in [5.74, 6) is -0.111. The normalized spacial score (nSPS) is 10.1. The van der Waals surface area contributed by atoms with E-state index in [0.29, 0.717) is 15.6 Å². The lowest BCUT2D eigenvalue weighted by atomic mass is 10.1. The van der Waals surface area contributed by atoms with Gasteiger partial charge in [0.1, 0.15) is 0 Å². The molecule has 0 aliphatic rings. The molecule has 0 N–H and O–H groups in total. The lowest BCUT2D eigenvalue weighted by Gasteiger charge is -2.03. The molecule has 0 amide bonds. The van der Waals surface area contributed by atoms with E-state index >= 15 is 0 Å². The molecule has 0 heterocycles. The number of hydrogen-bond donors (Lipinski definition) is 0. The van der Waals surface area contributed by atoms with Crippen molar-refractivity contribution >= 4 is 43.3 Å². The maximum Gasteiger partial charge on any atom is 0.273 e. The zero-order valence-electron chi connectivity index (χ0n) is 7.79. The second kappa shape index (κ2) is 4.85. The standard InChI is InChI=1S/C9H7Br2NO3/c1-5-2-6(9(13)4-10)7(11)3-8(5)12(14)15/h2-3H,4H2,1H3. The van der Waals surface area contributed by atoms with E-state index in [-0.39, 0.29) is 16.8 Å². The molecule has 0 bridgehead atoms. The van der Waals surface area contributed by atoms with E-state index in [1.54, 1.807) is 6.92 Å². The molecule has 15 heavy (non-hydrogen) atoms. The third-order valence-electron chi connectivity index (χ3n) is 1.90. The topological polar surface area (TPSA) is 60.2 Å². The highest BCUT2D eigenvalue weighted by atomic mass is 79.9. The third kappa shape index (κ3) is 2.63. The molecule has 80 valence electrons. The van der Waals surface area contributed by atoms with Crippen LogP contribution in [0.3, 0.4) is 0 Å². The van der Waals surface area contributed by atoms with E-state index in [1.807, 2.05) is 0 Å². The van der Waals surface area contributed by atoms with Crippen LogP contribution < -0.4 is 0 Å². The molecule has 1 aromatic carbocycles. The first kappa shape index (κ1) is 12.3. The Bertz CT molecular complexity index is 432. The largest absolute Gasteiger partial charge is 0.293 e. The zero-order valence-corrected chi connectivity index (χ0v) is 11.0. The van der Waals surface area contributed by atoms with Gasteiger partial charge in [-0.3, -0.25) is 14.9 Å². The molecule has 0 saturated carbocycles. The smallest absolute Gasteiger partial charge is 0.273 e. The first-order valence-electron chi connectivity index (χ1n) is 4.01. The van der Waals surface area contributed by atoms with Gasteiger partial charge in [-0.15, -0.1) is 0 Å². The maximum atomic E-state index is 11.4. The third-order valence-corrected chi connectivity index (χ3v) is 3.07. The van der Waals surface area contributed by atoms with Crippen LogP contribution in [-0.4, -0.2) is 16.0 Å². The molecule has 1 aromatic rings. The van der Waals surface area contributed by atoms with Crippen LogP contribution in [0.2, 0.25) is 0 Å². The predicted octanol–water partition coefficient (Wildman–Crippen LogP) is 3.24. The number of ketones is 1. The van der Waals surface area contributed by atoms with Crippen LogP contribution in [0.15, 0.2) is 16.6 Å². The molecule has 0 fully saturated rings. The maximum absolute atomic E-state index is 11.4. The predicted molar refractivity (Wildman–Crippen MR) is 63.7 cm³/mol. The van der Waals surface area contributed by atoms with Crippen LogP contribution >= 0.6 is 31.9 Å². The highest BCUT2D eigenvalue weighted by molar-refractivity contribution is 9.10. The van der Waals surface area contributed by atoms with Crippen molar-refractivity contribution < 1.29 is 9.72 Å². The Morgan fingerprint density at radius 3 is 2.60 bits per heavy atom. The van der Waals surface area contributed by atoms with Gasteiger partial charge in [0.2, 0.25) is 0 Å². The molecular formula is C9H7Br2NO3. The number of nitro groups is 1. The van der Waals surface area contributed by atoms with Gasteiger partial charge in [0.25, 0.3) is 5.69 Å². The molecule has 0 spiro atoms. The Kier molecular flexibility index (Phi) is 3.98. The number of nitrogens with zero attached hydrogens (tertiary/aromatic N) is 1. The molecule has 4 nitrogen and oxygen atoms in total. The van der Waals surface area contributed by atoms with Gasteiger partial charge < -0.3 is 0 Å². The summed E-state index contributed by atoms with van der Waals surface area (Å²) < 4.78 is 0.448. The summed E-state index contributed by atoms with van der Waals surface area (Å²) in [5, 5.41) is 10.8. The summed E-state index contributed by atoms with van der Waals surface area (Å²) in [5.41, 5.74) is 0.940. The van der Waals surface area contributed by atoms with E-state index in [1.165, 1.54) is 12.1 Å². The van der Waals surface area contributed by atoms with E-state index in [0.717, 1.165) is 0 Å². The van der Waals surface area contributed by atoms with Gasteiger partial charge in [0, 0.05) is 21.7 Å². The number of halogens is 2. The highest BCUT2D eigenvalue weighted by Gasteiger charge is 2.17. The second-order valence-corrected chi connectivity index (χ2v) is 4.35. The number of benzene rings is 1. The molecular weight excluding hydrogens is 330 g/mol. The van der Waals surface area contributed by atoms with Crippen LogP contribution in [0, 0.1) is 17.0 Å². The number of carbonyl (C=O) groups is 1. The fourth-order valence-electron chi connectivity index (χ4n) is 1.15. The molecule has 0 atom stereocenters. The Hall–Kier alpha value is -0.750. The minimum atomic E-state index is -0.470. The number of hydrogen-bond acceptors (Lipinski definition) is 3. The van der Waals surface area contributed by atoms with Crippen molar-refractivity contribution in [2.75, 3.05) is 5.33 Å². The van der Waals surface area contributed by atoms with Gasteiger partial charge in [-0.25, -0.2) is 0 Å². The van der Waals surface area contributed by atoms with Crippen molar-refractivity contribution in [3.05, 3.63) is 37.8 Å². The molecule has 0 radical (unpaired) electrons. The average Bonchev–Trinajstić information content (AvgIpc) is 2.19. The SMILES string of the molecule is Cc1cc(C(=O)CBr)c(Br)cc1[N+](=O)[O-]. The van der Waals surface area contributed by atoms with Crippen molar-refractivity contribution in [1.82, 2.24) is 0 Å². The van der Waals surface area contributed by atoms with E-state index in [4.69, 9.17) is 0 Å². The summed E-state index contributed by atoms with van der Waals surface area (Å²) in [6, 6.07) is 2.87. The number of rotatable bonds is 3. The van der Waals surface area contributed by atoms with Crippen molar-refractivity contribution in [1.29, 1.82) is 0 Å². The molecule has 0 aliphatic heterocycles. The summed E-state index contributed by atoms with van der Waals surface area (Å²) in [6.45, 7) is 1.61. The van der Waals surface area contributed by atoms with Gasteiger partial charge in [-0.05, 0) is 28.9 Å². The molecule has 0 saturated heterocycles. The number of nitro benzene ring substituents is 1. The first-order valence-corrected chi connectivity index (χ1v) is 5.92. The first-order chi connectivity index (χ1) is 6.97. The lowest BCUT2D eigenvalue weighted by Crippen LogP contribution is -2.03. The van der Waals surface area contributed by atoms with Crippen molar-refractivity contribution in [2.24, 2.45) is 0 Å². The van der Waals surface area contributed by atoms with E-state index in [2.05, 4.69) is 31.9 Å². The van der Waals surface area contributed by atoms with Gasteiger partial charge in [0.15, 0.2) is 5.78 Å². The van der Waals surface area contributed by atoms with Crippen LogP contribution in [0.25, 0.3) is 0 Å². The second-order valence-electron chi connectivity index (χ2n) is 2.93. The number of aryl methyl sites for hydroxylation is 1. The quantitative estimate of drug-likeness (QED) is 0.368. The zero-order chi connectivity index (χ0) is 11.6. The molecule has 0 unspecified atom stereocenters. The van der Waals surface area contributed by atoms with Crippen LogP contribution in [-0.2, 0) is 0 Å². The fourth-order valence-corrected chi connectivity index (χ4v) is 2.01. The summed E-state index contributed by atoms with van der Waals surface area (Å²) in [6.07, 6.45) is 0. The number of Topliss-reactive ketones (excluding diaryl/α,β-unsaturated/α-hetero) is 1. The van der Waals surface area contributed by atoms with Gasteiger partial charge in [-0.2, -0.15) is 0 Å². The van der Waals surface area contributed by atoms with Crippen LogP contribution in [0.5, 0.6) is 0 Å². The minimum Gasteiger partial charge on any atom is -0.293 e. The average molecular weight is 337 g/mol. The number of carbonyl (C=O) groups excluding carboxylic acids is 1. The molecule has 1 rings (SSSR count). The Labute approximate surface area is 103 Å². The van der Waals surface area contributed by atoms with Crippen LogP contribution in [0.1, 0.15) is 15.9 Å². The monoisotopic (exact) mass is 335 g/mol. The Morgan fingerprint density at radius 2 is 2.13 bits per heavy atom. The summed E-state index contributed by atoms with van der Waals surface area (Å²) in [7, 11) is 0. The number of alkyl halides is 1. The van der Waals surface area contributed by atoms with Crippen molar-refractivity contribution in [2.45, 2.75) is 6.92 Å². The Morgan fingerprint density at radius 1 is 1.53 bits per heavy atom. The van der Waals surface area contributed by atoms with E-state index in [9.17, 15) is 14.9 Å². The van der Waals surface area contributed by atoms with Gasteiger partial charge in [-0.1, -0.05) is 15.9 Å². The molecule has 0 aliphatic carbocycles. The molecule has 0 aromatic heterocycles. The minimum absolute atomic E-state index is 0.00741. The summed E-state index contributed by atoms with van der Waals surface area (Å²) >= 11 is 6.20. The fraction of sp³-hybridized carbons (Fsp3) is 0.222. The summed E-state index contributed by atoms with van der Waals surface area (Å²) in [4.78, 5) is 21.6. The highest BCUT2D eigenvalue weighted by Crippen LogP contribution is 2.27. The van der Waals surface area contributed by atoms with Crippen molar-refractivity contribution in [3.63, 3.8) is 0 Å². The van der Waals surface area contributed by atoms with Gasteiger partial charge >= 0.3 is 0 Å². The Balaban J connectivity index is 3.31. The lowest BCUT2D eigenvalue weighted by molar-refractivity contribution is -0.385. The van der Waals surface area contributed by atoms with Gasteiger partial charge in [0.05, 0.1) is 10.3 Å². The molecule has 6 heteroatoms.